The van der Waals surface area contributed by atoms with Gasteiger partial charge < -0.3 is 4.74 Å². The standard InChI is InChI=1S/C14H14N4O6/c1-8-10(14(19)24-2)4-6-11(8)15-16-12-5-3-9(17(20)21)7-13(12)18(22)23/h3,5,7,16H,4,6H2,1-2H3/b15-11-. The summed E-state index contributed by atoms with van der Waals surface area (Å²) < 4.78 is 4.68. The van der Waals surface area contributed by atoms with Crippen molar-refractivity contribution in [3.05, 3.63) is 49.6 Å². The van der Waals surface area contributed by atoms with E-state index < -0.39 is 21.5 Å². The summed E-state index contributed by atoms with van der Waals surface area (Å²) in [5.41, 5.74) is 3.47. The van der Waals surface area contributed by atoms with E-state index in [1.807, 2.05) is 0 Å². The number of rotatable bonds is 5. The van der Waals surface area contributed by atoms with Gasteiger partial charge in [0.15, 0.2) is 0 Å². The number of allylic oxidation sites excluding steroid dienone is 1. The van der Waals surface area contributed by atoms with Gasteiger partial charge in [-0.1, -0.05) is 0 Å². The van der Waals surface area contributed by atoms with Crippen LogP contribution in [0, 0.1) is 20.2 Å². The van der Waals surface area contributed by atoms with E-state index in [1.165, 1.54) is 13.2 Å². The molecule has 1 aromatic carbocycles. The predicted octanol–water partition coefficient (Wildman–Crippen LogP) is 2.55. The van der Waals surface area contributed by atoms with Crippen molar-refractivity contribution in [1.82, 2.24) is 0 Å². The van der Waals surface area contributed by atoms with Gasteiger partial charge in [0.1, 0.15) is 5.69 Å². The Kier molecular flexibility index (Phi) is 4.87. The molecule has 1 aliphatic carbocycles. The smallest absolute Gasteiger partial charge is 0.334 e. The molecule has 24 heavy (non-hydrogen) atoms. The number of nitro groups is 2. The van der Waals surface area contributed by atoms with Gasteiger partial charge in [-0.3, -0.25) is 25.7 Å². The fraction of sp³-hybridized carbons (Fsp3) is 0.286. The van der Waals surface area contributed by atoms with Crippen molar-refractivity contribution < 1.29 is 19.4 Å². The predicted molar refractivity (Wildman–Crippen MR) is 84.8 cm³/mol. The van der Waals surface area contributed by atoms with Crippen molar-refractivity contribution in [1.29, 1.82) is 0 Å². The summed E-state index contributed by atoms with van der Waals surface area (Å²) >= 11 is 0. The van der Waals surface area contributed by atoms with Gasteiger partial charge in [-0.05, 0) is 31.4 Å². The number of benzene rings is 1. The Morgan fingerprint density at radius 3 is 2.54 bits per heavy atom. The molecule has 0 saturated heterocycles. The van der Waals surface area contributed by atoms with Crippen LogP contribution in [0.1, 0.15) is 19.8 Å². The lowest BCUT2D eigenvalue weighted by atomic mass is 10.2. The second-order valence-corrected chi connectivity index (χ2v) is 4.98. The molecule has 0 spiro atoms. The Hall–Kier alpha value is -3.30. The van der Waals surface area contributed by atoms with E-state index in [2.05, 4.69) is 15.3 Å². The van der Waals surface area contributed by atoms with E-state index in [0.29, 0.717) is 29.7 Å². The topological polar surface area (TPSA) is 137 Å². The van der Waals surface area contributed by atoms with Crippen LogP contribution in [0.15, 0.2) is 34.4 Å². The van der Waals surface area contributed by atoms with Gasteiger partial charge in [-0.25, -0.2) is 4.79 Å². The number of ether oxygens (including phenoxy) is 1. The third-order valence-corrected chi connectivity index (χ3v) is 3.63. The number of esters is 1. The molecule has 10 nitrogen and oxygen atoms in total. The van der Waals surface area contributed by atoms with Crippen molar-refractivity contribution in [2.24, 2.45) is 5.10 Å². The first kappa shape index (κ1) is 17.1. The van der Waals surface area contributed by atoms with Crippen LogP contribution in [0.25, 0.3) is 0 Å². The van der Waals surface area contributed by atoms with Crippen LogP contribution >= 0.6 is 0 Å². The van der Waals surface area contributed by atoms with Crippen LogP contribution in [0.2, 0.25) is 0 Å². The van der Waals surface area contributed by atoms with E-state index >= 15 is 0 Å². The van der Waals surface area contributed by atoms with Crippen LogP contribution in [0.3, 0.4) is 0 Å². The molecule has 126 valence electrons. The fourth-order valence-corrected chi connectivity index (χ4v) is 2.32. The molecular weight excluding hydrogens is 320 g/mol. The highest BCUT2D eigenvalue weighted by Gasteiger charge is 2.24. The molecule has 0 bridgehead atoms. The van der Waals surface area contributed by atoms with Gasteiger partial charge in [-0.15, -0.1) is 0 Å². The summed E-state index contributed by atoms with van der Waals surface area (Å²) in [7, 11) is 1.29. The van der Waals surface area contributed by atoms with Gasteiger partial charge in [0, 0.05) is 11.6 Å². The lowest BCUT2D eigenvalue weighted by Crippen LogP contribution is -2.05. The molecule has 1 aliphatic rings. The first-order chi connectivity index (χ1) is 11.3. The van der Waals surface area contributed by atoms with E-state index in [-0.39, 0.29) is 11.4 Å². The second kappa shape index (κ2) is 6.86. The van der Waals surface area contributed by atoms with Crippen molar-refractivity contribution >= 4 is 28.7 Å². The Labute approximate surface area is 136 Å². The summed E-state index contributed by atoms with van der Waals surface area (Å²) in [6, 6.07) is 3.22. The summed E-state index contributed by atoms with van der Waals surface area (Å²) in [6.07, 6.45) is 0.964. The minimum atomic E-state index is -0.729. The zero-order valence-electron chi connectivity index (χ0n) is 12.9. The van der Waals surface area contributed by atoms with Crippen molar-refractivity contribution in [3.63, 3.8) is 0 Å². The number of non-ortho nitro benzene ring substituents is 1. The van der Waals surface area contributed by atoms with E-state index in [0.717, 1.165) is 12.1 Å². The molecule has 1 aromatic rings. The van der Waals surface area contributed by atoms with Crippen LogP contribution in [-0.2, 0) is 9.53 Å². The average molecular weight is 334 g/mol. The quantitative estimate of drug-likeness (QED) is 0.496. The highest BCUT2D eigenvalue weighted by molar-refractivity contribution is 6.10. The Morgan fingerprint density at radius 1 is 1.25 bits per heavy atom. The number of hydrazone groups is 1. The molecule has 1 N–H and O–H groups in total. The third kappa shape index (κ3) is 3.37. The van der Waals surface area contributed by atoms with Gasteiger partial charge in [0.05, 0.1) is 28.7 Å². The van der Waals surface area contributed by atoms with Crippen molar-refractivity contribution in [2.45, 2.75) is 19.8 Å². The second-order valence-electron chi connectivity index (χ2n) is 4.98. The Balaban J connectivity index is 2.29. The molecule has 0 atom stereocenters. The molecule has 0 amide bonds. The number of hydrogen-bond donors (Lipinski definition) is 1. The molecular formula is C14H14N4O6. The SMILES string of the molecule is COC(=O)C1=C(C)/C(=N\Nc2ccc([N+](=O)[O-])cc2[N+](=O)[O-])CC1. The maximum Gasteiger partial charge on any atom is 0.334 e. The number of hydrogen-bond acceptors (Lipinski definition) is 8. The van der Waals surface area contributed by atoms with Gasteiger partial charge in [0.2, 0.25) is 0 Å². The lowest BCUT2D eigenvalue weighted by molar-refractivity contribution is -0.393. The maximum absolute atomic E-state index is 11.6. The number of carbonyl (C=O) groups excluding carboxylic acids is 1. The van der Waals surface area contributed by atoms with Gasteiger partial charge >= 0.3 is 11.7 Å². The first-order valence-corrected chi connectivity index (χ1v) is 6.89. The monoisotopic (exact) mass is 334 g/mol. The Bertz CT molecular complexity index is 783. The average Bonchev–Trinajstić information content (AvgIpc) is 2.92. The molecule has 2 rings (SSSR count). The number of carbonyl (C=O) groups is 1. The van der Waals surface area contributed by atoms with Crippen molar-refractivity contribution in [3.8, 4) is 0 Å². The number of nitro benzene ring substituents is 2. The summed E-state index contributed by atoms with van der Waals surface area (Å²) in [4.78, 5) is 31.9. The first-order valence-electron chi connectivity index (χ1n) is 6.89. The molecule has 0 unspecified atom stereocenters. The largest absolute Gasteiger partial charge is 0.466 e. The molecule has 0 aliphatic heterocycles. The molecule has 10 heteroatoms. The zero-order valence-corrected chi connectivity index (χ0v) is 12.9. The minimum Gasteiger partial charge on any atom is -0.466 e. The number of nitrogens with one attached hydrogen (secondary N) is 1. The van der Waals surface area contributed by atoms with Crippen molar-refractivity contribution in [2.75, 3.05) is 12.5 Å². The number of anilines is 1. The lowest BCUT2D eigenvalue weighted by Gasteiger charge is -2.04. The van der Waals surface area contributed by atoms with E-state index in [9.17, 15) is 25.0 Å². The van der Waals surface area contributed by atoms with E-state index in [1.54, 1.807) is 6.92 Å². The third-order valence-electron chi connectivity index (χ3n) is 3.63. The molecule has 0 heterocycles. The van der Waals surface area contributed by atoms with Crippen LogP contribution in [0.5, 0.6) is 0 Å². The number of methoxy groups -OCH3 is 1. The molecule has 0 saturated carbocycles. The number of nitrogens with zero attached hydrogens (tertiary/aromatic N) is 3. The summed E-state index contributed by atoms with van der Waals surface area (Å²) in [6.45, 7) is 1.71. The van der Waals surface area contributed by atoms with Crippen LogP contribution < -0.4 is 5.43 Å². The highest BCUT2D eigenvalue weighted by Crippen LogP contribution is 2.30. The van der Waals surface area contributed by atoms with Crippen LogP contribution in [0.4, 0.5) is 17.1 Å². The fourth-order valence-electron chi connectivity index (χ4n) is 2.32. The zero-order chi connectivity index (χ0) is 17.9. The molecule has 0 fully saturated rings. The Morgan fingerprint density at radius 2 is 1.96 bits per heavy atom. The highest BCUT2D eigenvalue weighted by atomic mass is 16.6. The van der Waals surface area contributed by atoms with Gasteiger partial charge in [0.25, 0.3) is 5.69 Å². The maximum atomic E-state index is 11.6. The van der Waals surface area contributed by atoms with E-state index in [4.69, 9.17) is 0 Å². The normalized spacial score (nSPS) is 15.5. The molecule has 0 radical (unpaired) electrons. The molecule has 0 aromatic heterocycles. The van der Waals surface area contributed by atoms with Crippen LogP contribution in [-0.4, -0.2) is 28.6 Å². The van der Waals surface area contributed by atoms with Gasteiger partial charge in [-0.2, -0.15) is 5.10 Å². The minimum absolute atomic E-state index is 0.0254. The summed E-state index contributed by atoms with van der Waals surface area (Å²) in [5.74, 6) is -0.431. The summed E-state index contributed by atoms with van der Waals surface area (Å²) in [5, 5.41) is 25.9.